The van der Waals surface area contributed by atoms with Crippen LogP contribution in [-0.2, 0) is 9.53 Å². The van der Waals surface area contributed by atoms with E-state index in [2.05, 4.69) is 21.8 Å². The van der Waals surface area contributed by atoms with Crippen LogP contribution in [0.2, 0.25) is 0 Å². The van der Waals surface area contributed by atoms with Gasteiger partial charge in [0.2, 0.25) is 5.75 Å². The molecule has 0 spiro atoms. The minimum atomic E-state index is -0.442. The SMILES string of the molecule is COc1c(OCC(C)(C)OC)ncnc1N1CC[C@@H](Oc2ccc([C@H](C)CC(C)=O)cc2)C1. The second-order valence-electron chi connectivity index (χ2n) is 9.14. The molecule has 2 atom stereocenters. The Hall–Kier alpha value is -2.87. The number of methoxy groups -OCH3 is 2. The van der Waals surface area contributed by atoms with Gasteiger partial charge in [-0.05, 0) is 44.4 Å². The highest BCUT2D eigenvalue weighted by Gasteiger charge is 2.29. The fourth-order valence-electron chi connectivity index (χ4n) is 3.79. The van der Waals surface area contributed by atoms with Crippen molar-refractivity contribution in [3.05, 3.63) is 36.2 Å². The van der Waals surface area contributed by atoms with Gasteiger partial charge in [0, 0.05) is 26.5 Å². The van der Waals surface area contributed by atoms with Crippen LogP contribution in [-0.4, -0.2) is 61.4 Å². The highest BCUT2D eigenvalue weighted by atomic mass is 16.6. The van der Waals surface area contributed by atoms with Crippen LogP contribution in [0.1, 0.15) is 52.0 Å². The van der Waals surface area contributed by atoms with Gasteiger partial charge in [-0.1, -0.05) is 19.1 Å². The Balaban J connectivity index is 1.63. The Morgan fingerprint density at radius 2 is 1.94 bits per heavy atom. The van der Waals surface area contributed by atoms with E-state index >= 15 is 0 Å². The maximum absolute atomic E-state index is 11.4. The van der Waals surface area contributed by atoms with Crippen molar-refractivity contribution >= 4 is 11.6 Å². The zero-order valence-electron chi connectivity index (χ0n) is 20.5. The summed E-state index contributed by atoms with van der Waals surface area (Å²) in [7, 11) is 3.24. The molecule has 8 nitrogen and oxygen atoms in total. The molecule has 0 unspecified atom stereocenters. The Kier molecular flexibility index (Phi) is 8.13. The maximum Gasteiger partial charge on any atom is 0.262 e. The minimum absolute atomic E-state index is 0.0296. The molecule has 0 saturated carbocycles. The first-order valence-corrected chi connectivity index (χ1v) is 11.3. The number of anilines is 1. The lowest BCUT2D eigenvalue weighted by Gasteiger charge is -2.24. The first kappa shape index (κ1) is 24.8. The smallest absolute Gasteiger partial charge is 0.262 e. The van der Waals surface area contributed by atoms with Crippen LogP contribution in [0.5, 0.6) is 17.4 Å². The van der Waals surface area contributed by atoms with Crippen molar-refractivity contribution in [1.29, 1.82) is 0 Å². The Morgan fingerprint density at radius 3 is 2.58 bits per heavy atom. The van der Waals surface area contributed by atoms with Gasteiger partial charge in [-0.15, -0.1) is 0 Å². The normalized spacial score (nSPS) is 17.0. The summed E-state index contributed by atoms with van der Waals surface area (Å²) in [5.74, 6) is 2.82. The summed E-state index contributed by atoms with van der Waals surface area (Å²) < 4.78 is 23.1. The number of hydrogen-bond acceptors (Lipinski definition) is 8. The van der Waals surface area contributed by atoms with Gasteiger partial charge in [0.1, 0.15) is 30.6 Å². The number of nitrogens with zero attached hydrogens (tertiary/aromatic N) is 3. The average molecular weight is 458 g/mol. The van der Waals surface area contributed by atoms with Gasteiger partial charge >= 0.3 is 0 Å². The monoisotopic (exact) mass is 457 g/mol. The standard InChI is InChI=1S/C25H35N3O5/c1-17(13-18(2)29)19-7-9-20(10-8-19)33-21-11-12-28(14-21)23-22(30-5)24(27-16-26-23)32-15-25(3,4)31-6/h7-10,16-17,21H,11-15H2,1-6H3/t17-,21-/m1/s1. The third kappa shape index (κ3) is 6.57. The number of benzene rings is 1. The molecule has 2 aromatic rings. The van der Waals surface area contributed by atoms with Crippen LogP contribution in [0, 0.1) is 0 Å². The van der Waals surface area contributed by atoms with Crippen molar-refractivity contribution in [1.82, 2.24) is 9.97 Å². The molecule has 0 bridgehead atoms. The van der Waals surface area contributed by atoms with Crippen molar-refractivity contribution in [2.24, 2.45) is 0 Å². The molecule has 1 saturated heterocycles. The maximum atomic E-state index is 11.4. The number of rotatable bonds is 11. The highest BCUT2D eigenvalue weighted by Crippen LogP contribution is 2.36. The van der Waals surface area contributed by atoms with E-state index in [0.717, 1.165) is 24.3 Å². The van der Waals surface area contributed by atoms with Crippen molar-refractivity contribution in [2.75, 3.05) is 38.8 Å². The summed E-state index contributed by atoms with van der Waals surface area (Å²) in [5.41, 5.74) is 0.697. The van der Waals surface area contributed by atoms with Gasteiger partial charge in [-0.2, -0.15) is 4.98 Å². The van der Waals surface area contributed by atoms with Gasteiger partial charge in [-0.3, -0.25) is 0 Å². The van der Waals surface area contributed by atoms with Crippen molar-refractivity contribution < 1.29 is 23.7 Å². The summed E-state index contributed by atoms with van der Waals surface area (Å²) in [4.78, 5) is 22.2. The lowest BCUT2D eigenvalue weighted by molar-refractivity contribution is -0.117. The summed E-state index contributed by atoms with van der Waals surface area (Å²) in [6, 6.07) is 8.02. The molecule has 180 valence electrons. The third-order valence-electron chi connectivity index (χ3n) is 5.86. The van der Waals surface area contributed by atoms with Crippen molar-refractivity contribution in [3.63, 3.8) is 0 Å². The molecule has 2 heterocycles. The van der Waals surface area contributed by atoms with Gasteiger partial charge in [-0.25, -0.2) is 4.98 Å². The zero-order valence-corrected chi connectivity index (χ0v) is 20.5. The first-order valence-electron chi connectivity index (χ1n) is 11.3. The van der Waals surface area contributed by atoms with Crippen LogP contribution in [0.4, 0.5) is 5.82 Å². The predicted molar refractivity (Wildman–Crippen MR) is 127 cm³/mol. The van der Waals surface area contributed by atoms with E-state index in [1.54, 1.807) is 21.1 Å². The molecule has 8 heteroatoms. The fraction of sp³-hybridized carbons (Fsp3) is 0.560. The molecule has 1 aromatic heterocycles. The van der Waals surface area contributed by atoms with Crippen LogP contribution >= 0.6 is 0 Å². The molecular weight excluding hydrogens is 422 g/mol. The number of aromatic nitrogens is 2. The first-order chi connectivity index (χ1) is 15.7. The van der Waals surface area contributed by atoms with Crippen LogP contribution < -0.4 is 19.1 Å². The molecule has 1 aromatic carbocycles. The third-order valence-corrected chi connectivity index (χ3v) is 5.86. The number of hydrogen-bond donors (Lipinski definition) is 0. The molecular formula is C25H35N3O5. The van der Waals surface area contributed by atoms with Gasteiger partial charge < -0.3 is 28.6 Å². The number of ketones is 1. The predicted octanol–water partition coefficient (Wildman–Crippen LogP) is 4.03. The van der Waals surface area contributed by atoms with E-state index in [1.807, 2.05) is 38.1 Å². The lowest BCUT2D eigenvalue weighted by atomic mass is 9.96. The van der Waals surface area contributed by atoms with E-state index in [-0.39, 0.29) is 17.8 Å². The molecule has 3 rings (SSSR count). The quantitative estimate of drug-likeness (QED) is 0.500. The molecule has 1 aliphatic heterocycles. The zero-order chi connectivity index (χ0) is 24.0. The van der Waals surface area contributed by atoms with Crippen molar-refractivity contribution in [2.45, 2.75) is 58.2 Å². The number of carbonyl (C=O) groups excluding carboxylic acids is 1. The number of ether oxygens (including phenoxy) is 4. The van der Waals surface area contributed by atoms with E-state index < -0.39 is 5.60 Å². The summed E-state index contributed by atoms with van der Waals surface area (Å²) in [5, 5.41) is 0. The van der Waals surface area contributed by atoms with Gasteiger partial charge in [0.05, 0.1) is 19.3 Å². The molecule has 0 amide bonds. The molecule has 0 N–H and O–H groups in total. The van der Waals surface area contributed by atoms with Crippen molar-refractivity contribution in [3.8, 4) is 17.4 Å². The largest absolute Gasteiger partial charge is 0.489 e. The topological polar surface area (TPSA) is 83.0 Å². The average Bonchev–Trinajstić information content (AvgIpc) is 3.25. The molecule has 1 aliphatic rings. The Labute approximate surface area is 196 Å². The number of Topliss-reactive ketones (excluding diaryl/α,β-unsaturated/α-hetero) is 1. The minimum Gasteiger partial charge on any atom is -0.489 e. The van der Waals surface area contributed by atoms with Crippen LogP contribution in [0.3, 0.4) is 0 Å². The number of carbonyl (C=O) groups is 1. The summed E-state index contributed by atoms with van der Waals surface area (Å²) in [6.07, 6.45) is 2.93. The highest BCUT2D eigenvalue weighted by molar-refractivity contribution is 5.76. The molecule has 33 heavy (non-hydrogen) atoms. The van der Waals surface area contributed by atoms with E-state index in [0.29, 0.717) is 37.0 Å². The van der Waals surface area contributed by atoms with E-state index in [1.165, 1.54) is 6.33 Å². The second-order valence-corrected chi connectivity index (χ2v) is 9.14. The van der Waals surface area contributed by atoms with Crippen LogP contribution in [0.15, 0.2) is 30.6 Å². The van der Waals surface area contributed by atoms with Crippen LogP contribution in [0.25, 0.3) is 0 Å². The summed E-state index contributed by atoms with van der Waals surface area (Å²) in [6.45, 7) is 9.38. The van der Waals surface area contributed by atoms with Gasteiger partial charge in [0.25, 0.3) is 5.88 Å². The lowest BCUT2D eigenvalue weighted by Crippen LogP contribution is -2.31. The van der Waals surface area contributed by atoms with E-state index in [4.69, 9.17) is 18.9 Å². The fourth-order valence-corrected chi connectivity index (χ4v) is 3.79. The second kappa shape index (κ2) is 10.8. The Bertz CT molecular complexity index is 932. The molecule has 0 radical (unpaired) electrons. The summed E-state index contributed by atoms with van der Waals surface area (Å²) >= 11 is 0. The molecule has 1 fully saturated rings. The van der Waals surface area contributed by atoms with Gasteiger partial charge in [0.15, 0.2) is 5.82 Å². The van der Waals surface area contributed by atoms with E-state index in [9.17, 15) is 4.79 Å². The molecule has 0 aliphatic carbocycles. The Morgan fingerprint density at radius 1 is 1.21 bits per heavy atom.